The normalized spacial score (nSPS) is 13.3. The first kappa shape index (κ1) is 17.3. The summed E-state index contributed by atoms with van der Waals surface area (Å²) in [4.78, 5) is 14.1. The fourth-order valence-electron chi connectivity index (χ4n) is 2.21. The third-order valence-electron chi connectivity index (χ3n) is 3.76. The van der Waals surface area contributed by atoms with E-state index in [-0.39, 0.29) is 17.8 Å². The van der Waals surface area contributed by atoms with Gasteiger partial charge in [0.05, 0.1) is 6.04 Å². The monoisotopic (exact) mass is 335 g/mol. The van der Waals surface area contributed by atoms with E-state index in [2.05, 4.69) is 0 Å². The van der Waals surface area contributed by atoms with Gasteiger partial charge in [-0.1, -0.05) is 23.7 Å². The molecule has 2 aromatic rings. The lowest BCUT2D eigenvalue weighted by molar-refractivity contribution is -0.138. The van der Waals surface area contributed by atoms with Crippen molar-refractivity contribution in [2.75, 3.05) is 7.05 Å². The molecule has 0 aliphatic heterocycles. The van der Waals surface area contributed by atoms with Crippen LogP contribution in [-0.4, -0.2) is 24.0 Å². The molecule has 0 aliphatic carbocycles. The van der Waals surface area contributed by atoms with E-state index in [4.69, 9.17) is 16.3 Å². The zero-order valence-electron chi connectivity index (χ0n) is 13.3. The van der Waals surface area contributed by atoms with Crippen LogP contribution in [0.1, 0.15) is 25.5 Å². The van der Waals surface area contributed by atoms with Gasteiger partial charge in [-0.2, -0.15) is 0 Å². The molecule has 3 nitrogen and oxygen atoms in total. The van der Waals surface area contributed by atoms with Gasteiger partial charge in [-0.15, -0.1) is 0 Å². The zero-order valence-corrected chi connectivity index (χ0v) is 14.0. The van der Waals surface area contributed by atoms with Crippen LogP contribution in [0.5, 0.6) is 5.75 Å². The van der Waals surface area contributed by atoms with E-state index in [0.717, 1.165) is 5.56 Å². The Balaban J connectivity index is 2.02. The number of rotatable bonds is 5. The summed E-state index contributed by atoms with van der Waals surface area (Å²) in [6.07, 6.45) is -0.635. The summed E-state index contributed by atoms with van der Waals surface area (Å²) < 4.78 is 18.6. The number of halogens is 2. The molecule has 0 bridgehead atoms. The van der Waals surface area contributed by atoms with Gasteiger partial charge in [0.1, 0.15) is 11.6 Å². The molecule has 2 rings (SSSR count). The number of carbonyl (C=O) groups is 1. The summed E-state index contributed by atoms with van der Waals surface area (Å²) in [6.45, 7) is 3.59. The number of nitrogens with zero attached hydrogens (tertiary/aromatic N) is 1. The maximum Gasteiger partial charge on any atom is 0.263 e. The number of carbonyl (C=O) groups excluding carboxylic acids is 1. The molecule has 122 valence electrons. The third-order valence-corrected chi connectivity index (χ3v) is 4.01. The van der Waals surface area contributed by atoms with E-state index in [9.17, 15) is 9.18 Å². The lowest BCUT2D eigenvalue weighted by Crippen LogP contribution is -2.39. The summed E-state index contributed by atoms with van der Waals surface area (Å²) in [5.41, 5.74) is 0.862. The maximum atomic E-state index is 13.0. The van der Waals surface area contributed by atoms with Crippen molar-refractivity contribution in [2.24, 2.45) is 0 Å². The number of likely N-dealkylation sites (N-methyl/N-ethyl adjacent to an activating group) is 1. The molecule has 0 fully saturated rings. The Morgan fingerprint density at radius 3 is 2.22 bits per heavy atom. The minimum atomic E-state index is -0.635. The van der Waals surface area contributed by atoms with Gasteiger partial charge < -0.3 is 9.64 Å². The van der Waals surface area contributed by atoms with E-state index >= 15 is 0 Å². The summed E-state index contributed by atoms with van der Waals surface area (Å²) in [5, 5.41) is 0.610. The largest absolute Gasteiger partial charge is 0.481 e. The minimum Gasteiger partial charge on any atom is -0.481 e. The molecule has 0 heterocycles. The number of amides is 1. The highest BCUT2D eigenvalue weighted by Gasteiger charge is 2.24. The van der Waals surface area contributed by atoms with E-state index < -0.39 is 6.10 Å². The van der Waals surface area contributed by atoms with Crippen molar-refractivity contribution in [3.8, 4) is 5.75 Å². The number of hydrogen-bond donors (Lipinski definition) is 0. The molecule has 0 aromatic heterocycles. The molecule has 5 heteroatoms. The van der Waals surface area contributed by atoms with Crippen LogP contribution in [0.3, 0.4) is 0 Å². The average Bonchev–Trinajstić information content (AvgIpc) is 2.55. The summed E-state index contributed by atoms with van der Waals surface area (Å²) in [5.74, 6) is 0.129. The first-order valence-corrected chi connectivity index (χ1v) is 7.70. The predicted octanol–water partition coefficient (Wildman–Crippen LogP) is 4.47. The van der Waals surface area contributed by atoms with Crippen molar-refractivity contribution in [3.63, 3.8) is 0 Å². The van der Waals surface area contributed by atoms with E-state index in [1.807, 2.05) is 6.92 Å². The lowest BCUT2D eigenvalue weighted by Gasteiger charge is -2.28. The Hall–Kier alpha value is -2.07. The Labute approximate surface area is 140 Å². The quantitative estimate of drug-likeness (QED) is 0.807. The van der Waals surface area contributed by atoms with Crippen LogP contribution in [0.4, 0.5) is 4.39 Å². The van der Waals surface area contributed by atoms with Crippen molar-refractivity contribution in [2.45, 2.75) is 26.0 Å². The van der Waals surface area contributed by atoms with Crippen LogP contribution in [0.15, 0.2) is 48.5 Å². The van der Waals surface area contributed by atoms with Crippen molar-refractivity contribution >= 4 is 17.5 Å². The van der Waals surface area contributed by atoms with Gasteiger partial charge in [-0.05, 0) is 55.8 Å². The smallest absolute Gasteiger partial charge is 0.263 e. The van der Waals surface area contributed by atoms with Crippen molar-refractivity contribution < 1.29 is 13.9 Å². The first-order valence-electron chi connectivity index (χ1n) is 7.33. The zero-order chi connectivity index (χ0) is 17.0. The molecule has 0 radical (unpaired) electrons. The molecular weight excluding hydrogens is 317 g/mol. The standard InChI is InChI=1S/C18H19ClFNO2/c1-12(14-4-8-16(20)9-5-14)21(3)18(22)13(2)23-17-10-6-15(19)7-11-17/h4-13H,1-3H3. The summed E-state index contributed by atoms with van der Waals surface area (Å²) >= 11 is 5.82. The van der Waals surface area contributed by atoms with Gasteiger partial charge in [0.25, 0.3) is 5.91 Å². The highest BCUT2D eigenvalue weighted by Crippen LogP contribution is 2.22. The van der Waals surface area contributed by atoms with Gasteiger partial charge in [0.15, 0.2) is 6.10 Å². The second-order valence-corrected chi connectivity index (χ2v) is 5.83. The lowest BCUT2D eigenvalue weighted by atomic mass is 10.1. The molecule has 0 saturated carbocycles. The Kier molecular flexibility index (Phi) is 5.61. The number of benzene rings is 2. The Bertz CT molecular complexity index is 658. The van der Waals surface area contributed by atoms with Gasteiger partial charge >= 0.3 is 0 Å². The van der Waals surface area contributed by atoms with Crippen LogP contribution in [0.2, 0.25) is 5.02 Å². The van der Waals surface area contributed by atoms with Crippen LogP contribution in [0.25, 0.3) is 0 Å². The average molecular weight is 336 g/mol. The SMILES string of the molecule is CC(Oc1ccc(Cl)cc1)C(=O)N(C)C(C)c1ccc(F)cc1. The predicted molar refractivity (Wildman–Crippen MR) is 89.1 cm³/mol. The van der Waals surface area contributed by atoms with Gasteiger partial charge in [0, 0.05) is 12.1 Å². The topological polar surface area (TPSA) is 29.5 Å². The first-order chi connectivity index (χ1) is 10.9. The van der Waals surface area contributed by atoms with Crippen LogP contribution < -0.4 is 4.74 Å². The molecule has 0 N–H and O–H groups in total. The van der Waals surface area contributed by atoms with Gasteiger partial charge in [-0.25, -0.2) is 4.39 Å². The number of ether oxygens (including phenoxy) is 1. The molecular formula is C18H19ClFNO2. The molecule has 2 aromatic carbocycles. The fourth-order valence-corrected chi connectivity index (χ4v) is 2.34. The van der Waals surface area contributed by atoms with Crippen LogP contribution >= 0.6 is 11.6 Å². The summed E-state index contributed by atoms with van der Waals surface area (Å²) in [7, 11) is 1.71. The highest BCUT2D eigenvalue weighted by molar-refractivity contribution is 6.30. The van der Waals surface area contributed by atoms with E-state index in [1.54, 1.807) is 55.3 Å². The Morgan fingerprint density at radius 1 is 1.09 bits per heavy atom. The van der Waals surface area contributed by atoms with Crippen LogP contribution in [0, 0.1) is 5.82 Å². The molecule has 1 amide bonds. The molecule has 0 saturated heterocycles. The maximum absolute atomic E-state index is 13.0. The Morgan fingerprint density at radius 2 is 1.65 bits per heavy atom. The van der Waals surface area contributed by atoms with Crippen LogP contribution in [-0.2, 0) is 4.79 Å². The van der Waals surface area contributed by atoms with Crippen molar-refractivity contribution in [3.05, 3.63) is 64.9 Å². The number of hydrogen-bond acceptors (Lipinski definition) is 2. The molecule has 2 unspecified atom stereocenters. The molecule has 0 spiro atoms. The molecule has 0 aliphatic rings. The highest BCUT2D eigenvalue weighted by atomic mass is 35.5. The third kappa shape index (κ3) is 4.45. The second kappa shape index (κ2) is 7.47. The van der Waals surface area contributed by atoms with Crippen molar-refractivity contribution in [1.82, 2.24) is 4.90 Å². The minimum absolute atomic E-state index is 0.156. The molecule has 23 heavy (non-hydrogen) atoms. The van der Waals surface area contributed by atoms with E-state index in [0.29, 0.717) is 10.8 Å². The van der Waals surface area contributed by atoms with Gasteiger partial charge in [-0.3, -0.25) is 4.79 Å². The van der Waals surface area contributed by atoms with E-state index in [1.165, 1.54) is 12.1 Å². The second-order valence-electron chi connectivity index (χ2n) is 5.39. The van der Waals surface area contributed by atoms with Crippen molar-refractivity contribution in [1.29, 1.82) is 0 Å². The summed E-state index contributed by atoms with van der Waals surface area (Å²) in [6, 6.07) is 12.8. The molecule has 2 atom stereocenters. The van der Waals surface area contributed by atoms with Gasteiger partial charge in [0.2, 0.25) is 0 Å². The fraction of sp³-hybridized carbons (Fsp3) is 0.278.